The lowest BCUT2D eigenvalue weighted by molar-refractivity contribution is 0.415. The Hall–Kier alpha value is -1.97. The van der Waals surface area contributed by atoms with Gasteiger partial charge in [0.25, 0.3) is 0 Å². The quantitative estimate of drug-likeness (QED) is 0.854. The molecular weight excluding hydrogens is 250 g/mol. The second-order valence-electron chi connectivity index (χ2n) is 5.42. The summed E-state index contributed by atoms with van der Waals surface area (Å²) >= 11 is 0. The molecule has 4 nitrogen and oxygen atoms in total. The van der Waals surface area contributed by atoms with Crippen molar-refractivity contribution in [1.82, 2.24) is 9.78 Å². The molecule has 0 fully saturated rings. The van der Waals surface area contributed by atoms with Gasteiger partial charge in [0.2, 0.25) is 0 Å². The van der Waals surface area contributed by atoms with Crippen molar-refractivity contribution in [3.05, 3.63) is 29.3 Å². The molecule has 2 N–H and O–H groups in total. The molecule has 0 unspecified atom stereocenters. The third kappa shape index (κ3) is 2.15. The van der Waals surface area contributed by atoms with Crippen LogP contribution in [-0.4, -0.2) is 16.9 Å². The fourth-order valence-corrected chi connectivity index (χ4v) is 3.04. The molecule has 0 saturated carbocycles. The summed E-state index contributed by atoms with van der Waals surface area (Å²) in [6.45, 7) is 0. The van der Waals surface area contributed by atoms with E-state index in [2.05, 4.69) is 17.2 Å². The van der Waals surface area contributed by atoms with E-state index in [1.165, 1.54) is 30.4 Å². The molecule has 1 heterocycles. The lowest BCUT2D eigenvalue weighted by atomic mass is 9.94. The molecule has 0 radical (unpaired) electrons. The van der Waals surface area contributed by atoms with Crippen LogP contribution in [0.3, 0.4) is 0 Å². The average molecular weight is 271 g/mol. The molecule has 0 spiro atoms. The highest BCUT2D eigenvalue weighted by atomic mass is 16.5. The van der Waals surface area contributed by atoms with E-state index in [0.717, 1.165) is 29.8 Å². The molecule has 20 heavy (non-hydrogen) atoms. The average Bonchev–Trinajstić information content (AvgIpc) is 2.67. The van der Waals surface area contributed by atoms with Gasteiger partial charge in [0.1, 0.15) is 11.6 Å². The van der Waals surface area contributed by atoms with Crippen LogP contribution in [0.25, 0.3) is 11.3 Å². The van der Waals surface area contributed by atoms with Gasteiger partial charge in [0, 0.05) is 18.7 Å². The molecule has 106 valence electrons. The first kappa shape index (κ1) is 13.0. The first-order valence-corrected chi connectivity index (χ1v) is 7.19. The van der Waals surface area contributed by atoms with Crippen molar-refractivity contribution in [2.75, 3.05) is 12.8 Å². The van der Waals surface area contributed by atoms with E-state index in [-0.39, 0.29) is 0 Å². The number of rotatable bonds is 2. The summed E-state index contributed by atoms with van der Waals surface area (Å²) in [7, 11) is 3.58. The molecule has 4 heteroatoms. The number of ether oxygens (including phenoxy) is 1. The highest BCUT2D eigenvalue weighted by Gasteiger charge is 2.19. The molecule has 0 saturated heterocycles. The molecule has 3 rings (SSSR count). The summed E-state index contributed by atoms with van der Waals surface area (Å²) in [4.78, 5) is 0. The highest BCUT2D eigenvalue weighted by molar-refractivity contribution is 5.74. The fraction of sp³-hybridized carbons (Fsp3) is 0.438. The summed E-state index contributed by atoms with van der Waals surface area (Å²) in [5.41, 5.74) is 10.8. The van der Waals surface area contributed by atoms with Crippen LogP contribution >= 0.6 is 0 Å². The Morgan fingerprint density at radius 1 is 1.20 bits per heavy atom. The normalized spacial score (nSPS) is 14.7. The van der Waals surface area contributed by atoms with Crippen LogP contribution in [0.15, 0.2) is 18.2 Å². The number of methoxy groups -OCH3 is 1. The van der Waals surface area contributed by atoms with E-state index < -0.39 is 0 Å². The zero-order valence-electron chi connectivity index (χ0n) is 12.1. The summed E-state index contributed by atoms with van der Waals surface area (Å²) in [5, 5.41) is 4.54. The number of benzene rings is 1. The molecule has 2 aromatic rings. The minimum atomic E-state index is 0.674. The molecule has 0 aliphatic heterocycles. The Bertz CT molecular complexity index is 611. The number of aryl methyl sites for hydroxylation is 2. The third-order valence-electron chi connectivity index (χ3n) is 4.14. The summed E-state index contributed by atoms with van der Waals surface area (Å²) in [5.74, 6) is 1.57. The standard InChI is InChI=1S/C16H21N3O/c1-19-15(17)10-13(18-19)16-12-7-5-3-4-6-11(12)8-9-14(16)20-2/h8-10H,3-7,17H2,1-2H3. The highest BCUT2D eigenvalue weighted by Crippen LogP contribution is 2.38. The van der Waals surface area contributed by atoms with E-state index in [0.29, 0.717) is 5.82 Å². The minimum absolute atomic E-state index is 0.674. The molecule has 1 aliphatic rings. The van der Waals surface area contributed by atoms with Gasteiger partial charge in [-0.05, 0) is 42.9 Å². The Labute approximate surface area is 119 Å². The summed E-state index contributed by atoms with van der Waals surface area (Å²) in [6, 6.07) is 6.20. The van der Waals surface area contributed by atoms with Crippen molar-refractivity contribution in [1.29, 1.82) is 0 Å². The fourth-order valence-electron chi connectivity index (χ4n) is 3.04. The monoisotopic (exact) mass is 271 g/mol. The molecule has 1 aromatic heterocycles. The van der Waals surface area contributed by atoms with Gasteiger partial charge in [0.05, 0.1) is 12.8 Å². The molecule has 0 atom stereocenters. The van der Waals surface area contributed by atoms with Crippen LogP contribution in [0.4, 0.5) is 5.82 Å². The van der Waals surface area contributed by atoms with Gasteiger partial charge >= 0.3 is 0 Å². The predicted octanol–water partition coefficient (Wildman–Crippen LogP) is 2.95. The van der Waals surface area contributed by atoms with Crippen LogP contribution in [0, 0.1) is 0 Å². The molecule has 1 aliphatic carbocycles. The van der Waals surface area contributed by atoms with Crippen molar-refractivity contribution in [3.63, 3.8) is 0 Å². The molecule has 0 amide bonds. The van der Waals surface area contributed by atoms with E-state index in [1.54, 1.807) is 11.8 Å². The van der Waals surface area contributed by atoms with Crippen LogP contribution in [0.5, 0.6) is 5.75 Å². The Morgan fingerprint density at radius 2 is 2.00 bits per heavy atom. The first-order chi connectivity index (χ1) is 9.70. The van der Waals surface area contributed by atoms with Crippen molar-refractivity contribution in [2.45, 2.75) is 32.1 Å². The number of aromatic nitrogens is 2. The van der Waals surface area contributed by atoms with Crippen molar-refractivity contribution < 1.29 is 4.74 Å². The van der Waals surface area contributed by atoms with Crippen LogP contribution < -0.4 is 10.5 Å². The minimum Gasteiger partial charge on any atom is -0.496 e. The first-order valence-electron chi connectivity index (χ1n) is 7.19. The van der Waals surface area contributed by atoms with Gasteiger partial charge in [-0.25, -0.2) is 0 Å². The van der Waals surface area contributed by atoms with E-state index in [9.17, 15) is 0 Å². The van der Waals surface area contributed by atoms with E-state index >= 15 is 0 Å². The smallest absolute Gasteiger partial charge is 0.128 e. The Balaban J connectivity index is 2.21. The lowest BCUT2D eigenvalue weighted by Gasteiger charge is -2.15. The lowest BCUT2D eigenvalue weighted by Crippen LogP contribution is -2.00. The van der Waals surface area contributed by atoms with Crippen molar-refractivity contribution in [3.8, 4) is 17.0 Å². The molecular formula is C16H21N3O. The van der Waals surface area contributed by atoms with Gasteiger partial charge in [-0.2, -0.15) is 5.10 Å². The number of hydrogen-bond donors (Lipinski definition) is 1. The number of hydrogen-bond acceptors (Lipinski definition) is 3. The summed E-state index contributed by atoms with van der Waals surface area (Å²) < 4.78 is 7.28. The number of nitrogens with two attached hydrogens (primary N) is 1. The zero-order chi connectivity index (χ0) is 14.1. The number of fused-ring (bicyclic) bond motifs is 1. The van der Waals surface area contributed by atoms with Gasteiger partial charge in [-0.1, -0.05) is 12.5 Å². The van der Waals surface area contributed by atoms with Crippen LogP contribution in [-0.2, 0) is 19.9 Å². The number of nitrogen functional groups attached to an aromatic ring is 1. The van der Waals surface area contributed by atoms with Gasteiger partial charge in [-0.3, -0.25) is 4.68 Å². The molecule has 0 bridgehead atoms. The predicted molar refractivity (Wildman–Crippen MR) is 80.9 cm³/mol. The maximum atomic E-state index is 5.94. The Morgan fingerprint density at radius 3 is 2.70 bits per heavy atom. The Kier molecular flexibility index (Phi) is 3.38. The maximum absolute atomic E-state index is 5.94. The topological polar surface area (TPSA) is 53.1 Å². The van der Waals surface area contributed by atoms with Gasteiger partial charge in [0.15, 0.2) is 0 Å². The third-order valence-corrected chi connectivity index (χ3v) is 4.14. The largest absolute Gasteiger partial charge is 0.496 e. The van der Waals surface area contributed by atoms with Crippen molar-refractivity contribution in [2.24, 2.45) is 7.05 Å². The molecule has 1 aromatic carbocycles. The second kappa shape index (κ2) is 5.19. The van der Waals surface area contributed by atoms with Gasteiger partial charge in [-0.15, -0.1) is 0 Å². The second-order valence-corrected chi connectivity index (χ2v) is 5.42. The van der Waals surface area contributed by atoms with E-state index in [1.807, 2.05) is 13.1 Å². The zero-order valence-corrected chi connectivity index (χ0v) is 12.1. The van der Waals surface area contributed by atoms with Crippen LogP contribution in [0.2, 0.25) is 0 Å². The van der Waals surface area contributed by atoms with Gasteiger partial charge < -0.3 is 10.5 Å². The van der Waals surface area contributed by atoms with Crippen LogP contribution in [0.1, 0.15) is 30.4 Å². The summed E-state index contributed by atoms with van der Waals surface area (Å²) in [6.07, 6.45) is 6.03. The SMILES string of the molecule is COc1ccc2c(c1-c1cc(N)n(C)n1)CCCCC2. The number of anilines is 1. The number of nitrogens with zero attached hydrogens (tertiary/aromatic N) is 2. The van der Waals surface area contributed by atoms with Crippen molar-refractivity contribution >= 4 is 5.82 Å². The van der Waals surface area contributed by atoms with E-state index in [4.69, 9.17) is 10.5 Å². The maximum Gasteiger partial charge on any atom is 0.128 e.